The van der Waals surface area contributed by atoms with Gasteiger partial charge in [0, 0.05) is 12.4 Å². The zero-order valence-corrected chi connectivity index (χ0v) is 10.5. The second-order valence-corrected chi connectivity index (χ2v) is 3.77. The molecule has 0 saturated carbocycles. The van der Waals surface area contributed by atoms with Gasteiger partial charge in [-0.05, 0) is 49.0 Å². The maximum atomic E-state index is 10.8. The van der Waals surface area contributed by atoms with Crippen LogP contribution < -0.4 is 0 Å². The molecular formula is C16H12N2O. The standard InChI is InChI=1S/C16H12N2O/c1-2-3-6-11-16(19,14-9-4-7-12-17-14)15-10-5-8-13-18-15/h4-5,7-10,12-13,19H,1H3. The van der Waals surface area contributed by atoms with Gasteiger partial charge in [0.05, 0.1) is 11.4 Å². The van der Waals surface area contributed by atoms with Crippen molar-refractivity contribution in [1.29, 1.82) is 0 Å². The Hall–Kier alpha value is -2.62. The molecule has 0 amide bonds. The summed E-state index contributed by atoms with van der Waals surface area (Å²) in [7, 11) is 0. The first-order valence-corrected chi connectivity index (χ1v) is 5.76. The predicted octanol–water partition coefficient (Wildman–Crippen LogP) is 1.74. The first-order chi connectivity index (χ1) is 9.27. The molecule has 0 spiro atoms. The van der Waals surface area contributed by atoms with Crippen LogP contribution in [-0.2, 0) is 5.60 Å². The van der Waals surface area contributed by atoms with Gasteiger partial charge in [-0.3, -0.25) is 9.97 Å². The molecule has 3 nitrogen and oxygen atoms in total. The summed E-state index contributed by atoms with van der Waals surface area (Å²) < 4.78 is 0. The highest BCUT2D eigenvalue weighted by Gasteiger charge is 2.32. The molecule has 0 fully saturated rings. The molecule has 0 unspecified atom stereocenters. The van der Waals surface area contributed by atoms with E-state index in [1.165, 1.54) is 0 Å². The molecule has 92 valence electrons. The van der Waals surface area contributed by atoms with Crippen LogP contribution in [0, 0.1) is 23.7 Å². The van der Waals surface area contributed by atoms with Gasteiger partial charge in [-0.1, -0.05) is 18.1 Å². The summed E-state index contributed by atoms with van der Waals surface area (Å²) in [4.78, 5) is 8.33. The molecule has 0 radical (unpaired) electrons. The summed E-state index contributed by atoms with van der Waals surface area (Å²) in [5.74, 6) is 10.7. The molecule has 0 saturated heterocycles. The average molecular weight is 248 g/mol. The van der Waals surface area contributed by atoms with E-state index in [1.54, 1.807) is 55.7 Å². The number of hydrogen-bond acceptors (Lipinski definition) is 3. The Morgan fingerprint density at radius 2 is 1.53 bits per heavy atom. The molecule has 0 aliphatic rings. The van der Waals surface area contributed by atoms with Gasteiger partial charge < -0.3 is 5.11 Å². The van der Waals surface area contributed by atoms with E-state index in [9.17, 15) is 5.11 Å². The lowest BCUT2D eigenvalue weighted by molar-refractivity contribution is 0.135. The van der Waals surface area contributed by atoms with E-state index in [1.807, 2.05) is 0 Å². The molecule has 0 bridgehead atoms. The Kier molecular flexibility index (Phi) is 3.93. The first kappa shape index (κ1) is 12.8. The van der Waals surface area contributed by atoms with Crippen LogP contribution in [0.25, 0.3) is 0 Å². The van der Waals surface area contributed by atoms with Crippen LogP contribution in [-0.4, -0.2) is 15.1 Å². The largest absolute Gasteiger partial charge is 0.367 e. The molecule has 2 heterocycles. The van der Waals surface area contributed by atoms with Crippen LogP contribution >= 0.6 is 0 Å². The van der Waals surface area contributed by atoms with Crippen molar-refractivity contribution >= 4 is 0 Å². The predicted molar refractivity (Wildman–Crippen MR) is 72.7 cm³/mol. The highest BCUT2D eigenvalue weighted by atomic mass is 16.3. The number of aliphatic hydroxyl groups is 1. The van der Waals surface area contributed by atoms with Gasteiger partial charge >= 0.3 is 0 Å². The van der Waals surface area contributed by atoms with Crippen LogP contribution in [0.1, 0.15) is 18.3 Å². The van der Waals surface area contributed by atoms with Crippen molar-refractivity contribution in [2.45, 2.75) is 12.5 Å². The van der Waals surface area contributed by atoms with E-state index >= 15 is 0 Å². The fraction of sp³-hybridized carbons (Fsp3) is 0.125. The smallest absolute Gasteiger partial charge is 0.212 e. The van der Waals surface area contributed by atoms with Crippen LogP contribution in [0.2, 0.25) is 0 Å². The third kappa shape index (κ3) is 2.80. The van der Waals surface area contributed by atoms with Crippen molar-refractivity contribution in [3.63, 3.8) is 0 Å². The normalized spacial score (nSPS) is 9.79. The minimum Gasteiger partial charge on any atom is -0.367 e. The van der Waals surface area contributed by atoms with Gasteiger partial charge in [-0.15, -0.1) is 0 Å². The summed E-state index contributed by atoms with van der Waals surface area (Å²) in [6.07, 6.45) is 3.22. The second-order valence-electron chi connectivity index (χ2n) is 3.77. The summed E-state index contributed by atoms with van der Waals surface area (Å²) in [5, 5.41) is 10.8. The topological polar surface area (TPSA) is 46.0 Å². The molecule has 3 heteroatoms. The molecule has 2 aromatic rings. The third-order valence-corrected chi connectivity index (χ3v) is 2.50. The van der Waals surface area contributed by atoms with Crippen molar-refractivity contribution in [3.8, 4) is 23.7 Å². The number of aromatic nitrogens is 2. The first-order valence-electron chi connectivity index (χ1n) is 5.76. The Balaban J connectivity index is 2.57. The highest BCUT2D eigenvalue weighted by molar-refractivity contribution is 5.41. The second kappa shape index (κ2) is 5.82. The molecule has 2 aromatic heterocycles. The summed E-state index contributed by atoms with van der Waals surface area (Å²) in [6.45, 7) is 1.69. The molecular weight excluding hydrogens is 236 g/mol. The summed E-state index contributed by atoms with van der Waals surface area (Å²) >= 11 is 0. The van der Waals surface area contributed by atoms with Crippen molar-refractivity contribution < 1.29 is 5.11 Å². The van der Waals surface area contributed by atoms with Gasteiger partial charge in [-0.25, -0.2) is 0 Å². The van der Waals surface area contributed by atoms with Gasteiger partial charge in [0.25, 0.3) is 0 Å². The van der Waals surface area contributed by atoms with Crippen molar-refractivity contribution in [3.05, 3.63) is 60.2 Å². The zero-order valence-electron chi connectivity index (χ0n) is 10.5. The Morgan fingerprint density at radius 3 is 1.95 bits per heavy atom. The maximum Gasteiger partial charge on any atom is 0.212 e. The fourth-order valence-corrected chi connectivity index (χ4v) is 1.60. The fourth-order valence-electron chi connectivity index (χ4n) is 1.60. The molecule has 0 aromatic carbocycles. The number of nitrogens with zero attached hydrogens (tertiary/aromatic N) is 2. The summed E-state index contributed by atoms with van der Waals surface area (Å²) in [6, 6.07) is 10.6. The van der Waals surface area contributed by atoms with Gasteiger partial charge in [0.2, 0.25) is 5.60 Å². The monoisotopic (exact) mass is 248 g/mol. The molecule has 1 N–H and O–H groups in total. The lowest BCUT2D eigenvalue weighted by atomic mass is 9.95. The average Bonchev–Trinajstić information content (AvgIpc) is 2.49. The van der Waals surface area contributed by atoms with Crippen LogP contribution in [0.5, 0.6) is 0 Å². The Bertz CT molecular complexity index is 618. The minimum absolute atomic E-state index is 0.430. The number of hydrogen-bond donors (Lipinski definition) is 1. The van der Waals surface area contributed by atoms with E-state index in [0.717, 1.165) is 0 Å². The maximum absolute atomic E-state index is 10.8. The van der Waals surface area contributed by atoms with Crippen LogP contribution in [0.4, 0.5) is 0 Å². The summed E-state index contributed by atoms with van der Waals surface area (Å²) in [5.41, 5.74) is -0.690. The van der Waals surface area contributed by atoms with E-state index in [2.05, 4.69) is 33.6 Å². The third-order valence-electron chi connectivity index (χ3n) is 2.50. The van der Waals surface area contributed by atoms with Crippen molar-refractivity contribution in [1.82, 2.24) is 9.97 Å². The van der Waals surface area contributed by atoms with Crippen molar-refractivity contribution in [2.24, 2.45) is 0 Å². The van der Waals surface area contributed by atoms with Gasteiger partial charge in [0.15, 0.2) is 0 Å². The lowest BCUT2D eigenvalue weighted by Gasteiger charge is -2.20. The van der Waals surface area contributed by atoms with E-state index in [0.29, 0.717) is 11.4 Å². The molecule has 0 atom stereocenters. The lowest BCUT2D eigenvalue weighted by Crippen LogP contribution is -2.27. The highest BCUT2D eigenvalue weighted by Crippen LogP contribution is 2.25. The SMILES string of the molecule is CC#CC#CC(O)(c1ccccn1)c1ccccn1. The van der Waals surface area contributed by atoms with Gasteiger partial charge in [0.1, 0.15) is 0 Å². The van der Waals surface area contributed by atoms with E-state index in [-0.39, 0.29) is 0 Å². The molecule has 0 aliphatic heterocycles. The number of rotatable bonds is 2. The molecule has 2 rings (SSSR count). The zero-order chi connectivity index (χ0) is 13.6. The quantitative estimate of drug-likeness (QED) is 0.823. The van der Waals surface area contributed by atoms with Gasteiger partial charge in [-0.2, -0.15) is 0 Å². The Morgan fingerprint density at radius 1 is 0.947 bits per heavy atom. The Labute approximate surface area is 112 Å². The molecule has 0 aliphatic carbocycles. The van der Waals surface area contributed by atoms with Crippen molar-refractivity contribution in [2.75, 3.05) is 0 Å². The van der Waals surface area contributed by atoms with Crippen LogP contribution in [0.3, 0.4) is 0 Å². The number of pyridine rings is 2. The minimum atomic E-state index is -1.55. The van der Waals surface area contributed by atoms with Crippen LogP contribution in [0.15, 0.2) is 48.8 Å². The van der Waals surface area contributed by atoms with E-state index < -0.39 is 5.60 Å². The molecule has 19 heavy (non-hydrogen) atoms. The van der Waals surface area contributed by atoms with E-state index in [4.69, 9.17) is 0 Å².